The highest BCUT2D eigenvalue weighted by atomic mass is 16.2. The third-order valence-electron chi connectivity index (χ3n) is 6.45. The van der Waals surface area contributed by atoms with E-state index in [9.17, 15) is 14.4 Å². The minimum Gasteiger partial charge on any atom is -0.322 e. The molecule has 0 radical (unpaired) electrons. The van der Waals surface area contributed by atoms with Crippen LogP contribution in [-0.2, 0) is 22.6 Å². The van der Waals surface area contributed by atoms with Crippen LogP contribution in [0.5, 0.6) is 0 Å². The van der Waals surface area contributed by atoms with Gasteiger partial charge in [-0.15, -0.1) is 0 Å². The number of rotatable bonds is 6. The van der Waals surface area contributed by atoms with Gasteiger partial charge in [0.25, 0.3) is 5.91 Å². The van der Waals surface area contributed by atoms with Crippen molar-refractivity contribution in [1.82, 2.24) is 15.5 Å². The molecular weight excluding hydrogens is 354 g/mol. The smallest absolute Gasteiger partial charge is 0.255 e. The second-order valence-electron chi connectivity index (χ2n) is 8.28. The van der Waals surface area contributed by atoms with Crippen LogP contribution in [0.1, 0.15) is 66.4 Å². The number of aryl methyl sites for hydroxylation is 1. The van der Waals surface area contributed by atoms with Crippen LogP contribution in [0.2, 0.25) is 0 Å². The number of imide groups is 1. The van der Waals surface area contributed by atoms with Gasteiger partial charge in [-0.3, -0.25) is 19.7 Å². The number of benzene rings is 1. The molecule has 28 heavy (non-hydrogen) atoms. The number of carbonyl (C=O) groups is 3. The summed E-state index contributed by atoms with van der Waals surface area (Å²) in [6.07, 6.45) is 7.90. The summed E-state index contributed by atoms with van der Waals surface area (Å²) in [7, 11) is 0. The van der Waals surface area contributed by atoms with Gasteiger partial charge in [-0.05, 0) is 68.3 Å². The standard InChI is InChI=1S/C22H29N3O3/c26-20-9-8-19(21(27)24-20)25-14-18-16(6-3-7-17(18)22(25)28)5-2-1-4-15-10-12-23-13-11-15/h3,6-7,15,19,23H,1-2,4-5,8-14H2,(H,24,26,27). The van der Waals surface area contributed by atoms with Crippen LogP contribution in [0, 0.1) is 5.92 Å². The van der Waals surface area contributed by atoms with Crippen molar-refractivity contribution in [1.29, 1.82) is 0 Å². The molecule has 3 aliphatic rings. The van der Waals surface area contributed by atoms with Gasteiger partial charge in [-0.1, -0.05) is 25.0 Å². The predicted octanol–water partition coefficient (Wildman–Crippen LogP) is 2.16. The lowest BCUT2D eigenvalue weighted by atomic mass is 9.91. The largest absolute Gasteiger partial charge is 0.322 e. The normalized spacial score (nSPS) is 23.1. The third-order valence-corrected chi connectivity index (χ3v) is 6.45. The van der Waals surface area contributed by atoms with E-state index in [0.29, 0.717) is 19.4 Å². The highest BCUT2D eigenvalue weighted by Gasteiger charge is 2.39. The molecule has 0 aromatic heterocycles. The van der Waals surface area contributed by atoms with Crippen molar-refractivity contribution >= 4 is 17.7 Å². The van der Waals surface area contributed by atoms with Gasteiger partial charge in [-0.25, -0.2) is 0 Å². The quantitative estimate of drug-likeness (QED) is 0.583. The van der Waals surface area contributed by atoms with Crippen LogP contribution >= 0.6 is 0 Å². The van der Waals surface area contributed by atoms with Gasteiger partial charge in [0.05, 0.1) is 0 Å². The molecule has 150 valence electrons. The second kappa shape index (κ2) is 8.43. The van der Waals surface area contributed by atoms with E-state index in [2.05, 4.69) is 16.7 Å². The summed E-state index contributed by atoms with van der Waals surface area (Å²) in [6, 6.07) is 5.39. The Morgan fingerprint density at radius 2 is 1.86 bits per heavy atom. The zero-order valence-electron chi connectivity index (χ0n) is 16.3. The van der Waals surface area contributed by atoms with Crippen molar-refractivity contribution in [3.05, 3.63) is 34.9 Å². The summed E-state index contributed by atoms with van der Waals surface area (Å²) in [5, 5.41) is 5.78. The Bertz CT molecular complexity index is 770. The first-order chi connectivity index (χ1) is 13.6. The maximum atomic E-state index is 12.9. The van der Waals surface area contributed by atoms with Crippen molar-refractivity contribution in [3.8, 4) is 0 Å². The number of nitrogens with zero attached hydrogens (tertiary/aromatic N) is 1. The summed E-state index contributed by atoms with van der Waals surface area (Å²) in [5.74, 6) is 0.175. The third kappa shape index (κ3) is 3.97. The number of hydrogen-bond acceptors (Lipinski definition) is 4. The fraction of sp³-hybridized carbons (Fsp3) is 0.591. The topological polar surface area (TPSA) is 78.5 Å². The number of unbranched alkanes of at least 4 members (excludes halogenated alkanes) is 1. The molecule has 0 spiro atoms. The lowest BCUT2D eigenvalue weighted by Crippen LogP contribution is -2.52. The van der Waals surface area contributed by atoms with E-state index in [0.717, 1.165) is 43.0 Å². The summed E-state index contributed by atoms with van der Waals surface area (Å²) in [4.78, 5) is 38.1. The Morgan fingerprint density at radius 1 is 1.04 bits per heavy atom. The molecular formula is C22H29N3O3. The maximum absolute atomic E-state index is 12.9. The van der Waals surface area contributed by atoms with Crippen LogP contribution in [0.4, 0.5) is 0 Å². The number of nitrogens with one attached hydrogen (secondary N) is 2. The van der Waals surface area contributed by atoms with E-state index >= 15 is 0 Å². The molecule has 4 rings (SSSR count). The van der Waals surface area contributed by atoms with Crippen molar-refractivity contribution in [2.75, 3.05) is 13.1 Å². The SMILES string of the molecule is O=C1CCC(N2Cc3c(CCCCC4CCNCC4)cccc3C2=O)C(=O)N1. The highest BCUT2D eigenvalue weighted by molar-refractivity contribution is 6.05. The van der Waals surface area contributed by atoms with E-state index in [4.69, 9.17) is 0 Å². The highest BCUT2D eigenvalue weighted by Crippen LogP contribution is 2.30. The molecule has 1 unspecified atom stereocenters. The van der Waals surface area contributed by atoms with Crippen molar-refractivity contribution in [2.45, 2.75) is 64.0 Å². The van der Waals surface area contributed by atoms with Crippen LogP contribution in [0.25, 0.3) is 0 Å². The number of hydrogen-bond donors (Lipinski definition) is 2. The molecule has 3 aliphatic heterocycles. The van der Waals surface area contributed by atoms with Gasteiger partial charge in [0.1, 0.15) is 6.04 Å². The van der Waals surface area contributed by atoms with Gasteiger partial charge in [0.2, 0.25) is 11.8 Å². The van der Waals surface area contributed by atoms with E-state index in [1.54, 1.807) is 4.90 Å². The first-order valence-corrected chi connectivity index (χ1v) is 10.6. The molecule has 3 amide bonds. The van der Waals surface area contributed by atoms with Crippen LogP contribution in [0.15, 0.2) is 18.2 Å². The van der Waals surface area contributed by atoms with E-state index in [1.807, 2.05) is 12.1 Å². The number of piperidine rings is 2. The lowest BCUT2D eigenvalue weighted by molar-refractivity contribution is -0.136. The van der Waals surface area contributed by atoms with E-state index in [1.165, 1.54) is 31.2 Å². The van der Waals surface area contributed by atoms with Crippen LogP contribution in [-0.4, -0.2) is 41.8 Å². The van der Waals surface area contributed by atoms with E-state index < -0.39 is 6.04 Å². The Labute approximate surface area is 166 Å². The van der Waals surface area contributed by atoms with Crippen LogP contribution in [0.3, 0.4) is 0 Å². The second-order valence-corrected chi connectivity index (χ2v) is 8.28. The molecule has 1 atom stereocenters. The molecule has 0 aliphatic carbocycles. The molecule has 6 heteroatoms. The fourth-order valence-electron chi connectivity index (χ4n) is 4.80. The Hall–Kier alpha value is -2.21. The average Bonchev–Trinajstić information content (AvgIpc) is 3.03. The number of fused-ring (bicyclic) bond motifs is 1. The number of amides is 3. The van der Waals surface area contributed by atoms with Gasteiger partial charge >= 0.3 is 0 Å². The molecule has 1 aromatic rings. The monoisotopic (exact) mass is 383 g/mol. The van der Waals surface area contributed by atoms with Crippen LogP contribution < -0.4 is 10.6 Å². The minimum absolute atomic E-state index is 0.0824. The molecule has 3 heterocycles. The molecule has 2 fully saturated rings. The first-order valence-electron chi connectivity index (χ1n) is 10.6. The fourth-order valence-corrected chi connectivity index (χ4v) is 4.80. The maximum Gasteiger partial charge on any atom is 0.255 e. The van der Waals surface area contributed by atoms with E-state index in [-0.39, 0.29) is 17.7 Å². The molecule has 0 bridgehead atoms. The van der Waals surface area contributed by atoms with Crippen molar-refractivity contribution < 1.29 is 14.4 Å². The van der Waals surface area contributed by atoms with Gasteiger partial charge in [-0.2, -0.15) is 0 Å². The zero-order valence-corrected chi connectivity index (χ0v) is 16.3. The molecule has 2 saturated heterocycles. The lowest BCUT2D eigenvalue weighted by Gasteiger charge is -2.29. The Kier molecular flexibility index (Phi) is 5.76. The number of carbonyl (C=O) groups excluding carboxylic acids is 3. The Balaban J connectivity index is 1.37. The molecule has 2 N–H and O–H groups in total. The summed E-state index contributed by atoms with van der Waals surface area (Å²) in [6.45, 7) is 2.77. The van der Waals surface area contributed by atoms with Crippen molar-refractivity contribution in [3.63, 3.8) is 0 Å². The van der Waals surface area contributed by atoms with Gasteiger partial charge < -0.3 is 10.2 Å². The zero-order chi connectivity index (χ0) is 19.5. The van der Waals surface area contributed by atoms with Crippen molar-refractivity contribution in [2.24, 2.45) is 5.92 Å². The minimum atomic E-state index is -0.537. The summed E-state index contributed by atoms with van der Waals surface area (Å²) < 4.78 is 0. The van der Waals surface area contributed by atoms with Gasteiger partial charge in [0, 0.05) is 18.5 Å². The average molecular weight is 383 g/mol. The summed E-state index contributed by atoms with van der Waals surface area (Å²) in [5.41, 5.74) is 3.02. The summed E-state index contributed by atoms with van der Waals surface area (Å²) >= 11 is 0. The van der Waals surface area contributed by atoms with Gasteiger partial charge in [0.15, 0.2) is 0 Å². The molecule has 0 saturated carbocycles. The predicted molar refractivity (Wildman–Crippen MR) is 106 cm³/mol. The molecule has 1 aromatic carbocycles. The molecule has 6 nitrogen and oxygen atoms in total. The Morgan fingerprint density at radius 3 is 2.64 bits per heavy atom. The first kappa shape index (κ1) is 19.1.